The van der Waals surface area contributed by atoms with Gasteiger partial charge in [-0.2, -0.15) is 0 Å². The second-order valence-corrected chi connectivity index (χ2v) is 5.31. The Balaban J connectivity index is 1.88. The molecule has 5 heteroatoms. The van der Waals surface area contributed by atoms with Gasteiger partial charge >= 0.3 is 0 Å². The Labute approximate surface area is 107 Å². The molecule has 1 aromatic heterocycles. The van der Waals surface area contributed by atoms with E-state index in [1.165, 1.54) is 0 Å². The van der Waals surface area contributed by atoms with Crippen molar-refractivity contribution in [1.82, 2.24) is 14.5 Å². The molecule has 0 saturated carbocycles. The first-order chi connectivity index (χ1) is 8.25. The summed E-state index contributed by atoms with van der Waals surface area (Å²) < 4.78 is 2.01. The molecule has 0 bridgehead atoms. The minimum absolute atomic E-state index is 0.0164. The predicted molar refractivity (Wildman–Crippen MR) is 68.8 cm³/mol. The molecule has 0 N–H and O–H groups in total. The van der Waals surface area contributed by atoms with Gasteiger partial charge in [0.25, 0.3) is 0 Å². The summed E-state index contributed by atoms with van der Waals surface area (Å²) >= 11 is 3.38. The second-order valence-electron chi connectivity index (χ2n) is 4.20. The van der Waals surface area contributed by atoms with E-state index in [4.69, 9.17) is 0 Å². The van der Waals surface area contributed by atoms with Gasteiger partial charge in [0.1, 0.15) is 0 Å². The fraction of sp³-hybridized carbons (Fsp3) is 0.333. The van der Waals surface area contributed by atoms with Crippen LogP contribution in [0.1, 0.15) is 6.42 Å². The number of amides is 1. The van der Waals surface area contributed by atoms with Gasteiger partial charge in [-0.15, -0.1) is 0 Å². The Morgan fingerprint density at radius 1 is 1.41 bits per heavy atom. The van der Waals surface area contributed by atoms with Crippen LogP contribution in [-0.2, 0) is 11.5 Å². The van der Waals surface area contributed by atoms with Crippen molar-refractivity contribution in [2.75, 3.05) is 6.54 Å². The van der Waals surface area contributed by atoms with Crippen LogP contribution in [0, 0.1) is 0 Å². The molecule has 3 rings (SSSR count). The average Bonchev–Trinajstić information content (AvgIpc) is 2.89. The molecule has 1 aromatic carbocycles. The number of fused-ring (bicyclic) bond motifs is 1. The van der Waals surface area contributed by atoms with Crippen LogP contribution in [0.5, 0.6) is 0 Å². The topological polar surface area (TPSA) is 38.1 Å². The van der Waals surface area contributed by atoms with Crippen LogP contribution in [0.15, 0.2) is 30.6 Å². The Morgan fingerprint density at radius 2 is 2.24 bits per heavy atom. The molecule has 4 nitrogen and oxygen atoms in total. The zero-order valence-electron chi connectivity index (χ0n) is 9.21. The minimum atomic E-state index is -0.0164. The highest BCUT2D eigenvalue weighted by atomic mass is 79.9. The highest BCUT2D eigenvalue weighted by molar-refractivity contribution is 9.10. The van der Waals surface area contributed by atoms with E-state index >= 15 is 0 Å². The van der Waals surface area contributed by atoms with Gasteiger partial charge in [-0.1, -0.05) is 28.1 Å². The Morgan fingerprint density at radius 3 is 3.00 bits per heavy atom. The number of carbonyl (C=O) groups is 1. The van der Waals surface area contributed by atoms with Crippen LogP contribution in [0.25, 0.3) is 11.0 Å². The lowest BCUT2D eigenvalue weighted by atomic mass is 10.3. The molecule has 17 heavy (non-hydrogen) atoms. The number of nitrogens with zero attached hydrogens (tertiary/aromatic N) is 3. The van der Waals surface area contributed by atoms with Gasteiger partial charge in [0, 0.05) is 6.54 Å². The number of alkyl halides is 1. The van der Waals surface area contributed by atoms with Crippen LogP contribution >= 0.6 is 15.9 Å². The number of likely N-dealkylation sites (tertiary alicyclic amines) is 1. The third-order valence-corrected chi connectivity index (χ3v) is 3.93. The lowest BCUT2D eigenvalue weighted by molar-refractivity contribution is -0.128. The normalized spacial score (nSPS) is 20.4. The Bertz CT molecular complexity index is 566. The third-order valence-electron chi connectivity index (χ3n) is 3.08. The number of aromatic nitrogens is 2. The molecule has 88 valence electrons. The lowest BCUT2D eigenvalue weighted by Gasteiger charge is -2.16. The van der Waals surface area contributed by atoms with Crippen LogP contribution in [-0.4, -0.2) is 31.7 Å². The van der Waals surface area contributed by atoms with E-state index in [2.05, 4.69) is 20.9 Å². The van der Waals surface area contributed by atoms with Gasteiger partial charge in [-0.05, 0) is 18.6 Å². The predicted octanol–water partition coefficient (Wildman–Crippen LogP) is 1.99. The fourth-order valence-corrected chi connectivity index (χ4v) is 2.64. The molecule has 1 unspecified atom stereocenters. The summed E-state index contributed by atoms with van der Waals surface area (Å²) in [5.74, 6) is 0.169. The summed E-state index contributed by atoms with van der Waals surface area (Å²) in [7, 11) is 0. The maximum Gasteiger partial charge on any atom is 0.237 e. The number of halogens is 1. The monoisotopic (exact) mass is 293 g/mol. The van der Waals surface area contributed by atoms with Crippen LogP contribution in [0.2, 0.25) is 0 Å². The smallest absolute Gasteiger partial charge is 0.237 e. The van der Waals surface area contributed by atoms with Crippen molar-refractivity contribution in [1.29, 1.82) is 0 Å². The van der Waals surface area contributed by atoms with E-state index in [1.807, 2.05) is 33.7 Å². The van der Waals surface area contributed by atoms with E-state index in [-0.39, 0.29) is 10.7 Å². The number of carbonyl (C=O) groups excluding carboxylic acids is 1. The number of imidazole rings is 1. The Hall–Kier alpha value is -1.36. The van der Waals surface area contributed by atoms with Gasteiger partial charge in [-0.3, -0.25) is 4.79 Å². The maximum atomic E-state index is 11.8. The number of hydrogen-bond acceptors (Lipinski definition) is 2. The van der Waals surface area contributed by atoms with Gasteiger partial charge in [0.2, 0.25) is 5.91 Å². The first-order valence-electron chi connectivity index (χ1n) is 5.58. The minimum Gasteiger partial charge on any atom is -0.324 e. The summed E-state index contributed by atoms with van der Waals surface area (Å²) in [5, 5.41) is 0. The Kier molecular flexibility index (Phi) is 2.63. The summed E-state index contributed by atoms with van der Waals surface area (Å²) in [6.07, 6.45) is 2.67. The average molecular weight is 294 g/mol. The van der Waals surface area contributed by atoms with Crippen molar-refractivity contribution >= 4 is 32.9 Å². The highest BCUT2D eigenvalue weighted by Gasteiger charge is 2.29. The van der Waals surface area contributed by atoms with Crippen LogP contribution in [0.4, 0.5) is 0 Å². The van der Waals surface area contributed by atoms with E-state index in [9.17, 15) is 4.79 Å². The van der Waals surface area contributed by atoms with Gasteiger partial charge < -0.3 is 9.47 Å². The number of para-hydroxylation sites is 2. The van der Waals surface area contributed by atoms with Crippen molar-refractivity contribution in [2.45, 2.75) is 17.9 Å². The van der Waals surface area contributed by atoms with E-state index in [0.29, 0.717) is 6.67 Å². The summed E-state index contributed by atoms with van der Waals surface area (Å²) in [5.41, 5.74) is 2.04. The van der Waals surface area contributed by atoms with E-state index in [0.717, 1.165) is 24.0 Å². The number of hydrogen-bond donors (Lipinski definition) is 0. The van der Waals surface area contributed by atoms with Crippen LogP contribution in [0.3, 0.4) is 0 Å². The second kappa shape index (κ2) is 4.14. The quantitative estimate of drug-likeness (QED) is 0.794. The van der Waals surface area contributed by atoms with Gasteiger partial charge in [-0.25, -0.2) is 4.98 Å². The van der Waals surface area contributed by atoms with Crippen molar-refractivity contribution in [3.8, 4) is 0 Å². The largest absolute Gasteiger partial charge is 0.324 e. The molecular weight excluding hydrogens is 282 g/mol. The molecule has 1 aliphatic heterocycles. The first kappa shape index (κ1) is 10.8. The van der Waals surface area contributed by atoms with Gasteiger partial charge in [0.15, 0.2) is 0 Å². The summed E-state index contributed by atoms with van der Waals surface area (Å²) in [6.45, 7) is 1.39. The van der Waals surface area contributed by atoms with E-state index < -0.39 is 0 Å². The molecule has 1 fully saturated rings. The molecule has 1 aliphatic rings. The van der Waals surface area contributed by atoms with Crippen LogP contribution < -0.4 is 0 Å². The molecule has 2 heterocycles. The van der Waals surface area contributed by atoms with Crippen molar-refractivity contribution in [3.63, 3.8) is 0 Å². The zero-order valence-corrected chi connectivity index (χ0v) is 10.8. The molecule has 0 radical (unpaired) electrons. The fourth-order valence-electron chi connectivity index (χ4n) is 2.15. The zero-order chi connectivity index (χ0) is 11.8. The summed E-state index contributed by atoms with van der Waals surface area (Å²) in [6, 6.07) is 7.95. The number of benzene rings is 1. The molecule has 0 aliphatic carbocycles. The molecule has 1 atom stereocenters. The maximum absolute atomic E-state index is 11.8. The van der Waals surface area contributed by atoms with Gasteiger partial charge in [0.05, 0.1) is 28.9 Å². The van der Waals surface area contributed by atoms with Crippen molar-refractivity contribution in [2.24, 2.45) is 0 Å². The van der Waals surface area contributed by atoms with Crippen molar-refractivity contribution in [3.05, 3.63) is 30.6 Å². The third kappa shape index (κ3) is 1.84. The SMILES string of the molecule is O=C1C(Br)CCN1Cn1cnc2ccccc21. The molecule has 2 aromatic rings. The number of rotatable bonds is 2. The van der Waals surface area contributed by atoms with E-state index in [1.54, 1.807) is 6.33 Å². The molecule has 0 spiro atoms. The molecule has 1 saturated heterocycles. The molecular formula is C12H12BrN3O. The highest BCUT2D eigenvalue weighted by Crippen LogP contribution is 2.20. The van der Waals surface area contributed by atoms with Crippen molar-refractivity contribution < 1.29 is 4.79 Å². The molecule has 1 amide bonds. The first-order valence-corrected chi connectivity index (χ1v) is 6.50. The standard InChI is InChI=1S/C12H12BrN3O/c13-9-5-6-15(12(9)17)8-16-7-14-10-3-1-2-4-11(10)16/h1-4,7,9H,5-6,8H2. The summed E-state index contributed by atoms with van der Waals surface area (Å²) in [4.78, 5) is 18.0. The lowest BCUT2D eigenvalue weighted by Crippen LogP contribution is -2.29.